The molecule has 2 aliphatic rings. The number of amides is 2. The fraction of sp³-hybridized carbons (Fsp3) is 0.318. The molecule has 2 amide bonds. The Labute approximate surface area is 187 Å². The van der Waals surface area contributed by atoms with E-state index >= 15 is 0 Å². The van der Waals surface area contributed by atoms with Crippen LogP contribution < -0.4 is 10.2 Å². The van der Waals surface area contributed by atoms with Gasteiger partial charge < -0.3 is 5.32 Å². The number of anilines is 1. The number of aryl methyl sites for hydroxylation is 1. The van der Waals surface area contributed by atoms with Crippen molar-refractivity contribution in [3.63, 3.8) is 0 Å². The lowest BCUT2D eigenvalue weighted by Gasteiger charge is -2.20. The summed E-state index contributed by atoms with van der Waals surface area (Å²) >= 11 is 4.93. The number of nitrogens with one attached hydrogen (secondary N) is 1. The first-order valence-electron chi connectivity index (χ1n) is 10.0. The molecule has 3 aromatic rings. The zero-order valence-corrected chi connectivity index (χ0v) is 18.8. The number of hydrogen-bond acceptors (Lipinski definition) is 6. The Morgan fingerprint density at radius 1 is 1.13 bits per heavy atom. The quantitative estimate of drug-likeness (QED) is 0.625. The van der Waals surface area contributed by atoms with Crippen LogP contribution in [-0.4, -0.2) is 30.6 Å². The molecule has 0 saturated heterocycles. The third-order valence-electron chi connectivity index (χ3n) is 5.40. The van der Waals surface area contributed by atoms with Gasteiger partial charge in [0.1, 0.15) is 18.1 Å². The normalized spacial score (nSPS) is 15.9. The Bertz CT molecular complexity index is 1100. The molecule has 0 saturated carbocycles. The lowest BCUT2D eigenvalue weighted by molar-refractivity contribution is -0.123. The molecule has 5 nitrogen and oxygen atoms in total. The molecule has 1 aliphatic heterocycles. The maximum Gasteiger partial charge on any atom is 0.249 e. The van der Waals surface area contributed by atoms with Gasteiger partial charge in [-0.15, -0.1) is 34.0 Å². The Hall–Kier alpha value is -2.29. The van der Waals surface area contributed by atoms with Gasteiger partial charge in [0.2, 0.25) is 11.8 Å². The molecule has 154 valence electrons. The summed E-state index contributed by atoms with van der Waals surface area (Å²) in [5, 5.41) is 7.88. The van der Waals surface area contributed by atoms with Crippen molar-refractivity contribution >= 4 is 56.5 Å². The van der Waals surface area contributed by atoms with Crippen LogP contribution in [0.15, 0.2) is 40.0 Å². The highest BCUT2D eigenvalue weighted by Gasteiger charge is 2.33. The van der Waals surface area contributed by atoms with Crippen LogP contribution in [-0.2, 0) is 29.0 Å². The minimum atomic E-state index is -0.145. The second kappa shape index (κ2) is 8.45. The van der Waals surface area contributed by atoms with Crippen molar-refractivity contribution in [1.29, 1.82) is 0 Å². The molecule has 0 unspecified atom stereocenters. The van der Waals surface area contributed by atoms with E-state index in [0.717, 1.165) is 45.3 Å². The summed E-state index contributed by atoms with van der Waals surface area (Å²) < 4.78 is 0. The second-order valence-corrected chi connectivity index (χ2v) is 10.4. The number of carbonyl (C=O) groups excluding carboxylic acids is 2. The molecule has 1 N–H and O–H groups in total. The van der Waals surface area contributed by atoms with E-state index in [1.54, 1.807) is 38.9 Å². The standard InChI is InChI=1S/C22H21N3O2S3/c26-18(23-11-14-5-3-9-28-14)13-25-19(27)12-24-21(17-8-4-10-29-17)20-15-6-1-2-7-16(15)30-22(20)25/h3-5,8-10H,1-2,6-7,11-13H2,(H,23,26). The number of thiophene rings is 3. The minimum Gasteiger partial charge on any atom is -0.350 e. The van der Waals surface area contributed by atoms with E-state index in [1.165, 1.54) is 16.9 Å². The zero-order chi connectivity index (χ0) is 20.5. The first-order valence-corrected chi connectivity index (χ1v) is 12.6. The number of rotatable bonds is 5. The summed E-state index contributed by atoms with van der Waals surface area (Å²) in [6.07, 6.45) is 4.38. The first-order chi connectivity index (χ1) is 14.7. The molecular formula is C22H21N3O2S3. The predicted molar refractivity (Wildman–Crippen MR) is 124 cm³/mol. The van der Waals surface area contributed by atoms with E-state index in [9.17, 15) is 9.59 Å². The Morgan fingerprint density at radius 2 is 1.97 bits per heavy atom. The maximum atomic E-state index is 13.0. The van der Waals surface area contributed by atoms with Crippen LogP contribution in [0.5, 0.6) is 0 Å². The highest BCUT2D eigenvalue weighted by molar-refractivity contribution is 7.17. The van der Waals surface area contributed by atoms with Gasteiger partial charge in [0, 0.05) is 15.3 Å². The lowest BCUT2D eigenvalue weighted by Crippen LogP contribution is -2.41. The van der Waals surface area contributed by atoms with E-state index in [1.807, 2.05) is 29.0 Å². The predicted octanol–water partition coefficient (Wildman–Crippen LogP) is 4.25. The van der Waals surface area contributed by atoms with Crippen molar-refractivity contribution in [3.8, 4) is 0 Å². The maximum absolute atomic E-state index is 13.0. The summed E-state index contributed by atoms with van der Waals surface area (Å²) in [4.78, 5) is 35.6. The molecule has 4 heterocycles. The largest absolute Gasteiger partial charge is 0.350 e. The molecule has 0 radical (unpaired) electrons. The SMILES string of the molecule is O=C(CN1C(=O)CN=C(c2cccs2)c2c1sc1c2CCCC1)NCc1cccs1. The Morgan fingerprint density at radius 3 is 2.77 bits per heavy atom. The van der Waals surface area contributed by atoms with Gasteiger partial charge in [0.15, 0.2) is 0 Å². The van der Waals surface area contributed by atoms with Gasteiger partial charge in [-0.3, -0.25) is 19.5 Å². The number of carbonyl (C=O) groups is 2. The van der Waals surface area contributed by atoms with Crippen LogP contribution in [0.25, 0.3) is 0 Å². The molecule has 30 heavy (non-hydrogen) atoms. The van der Waals surface area contributed by atoms with E-state index in [-0.39, 0.29) is 24.9 Å². The van der Waals surface area contributed by atoms with Crippen molar-refractivity contribution in [1.82, 2.24) is 5.32 Å². The number of aliphatic imine (C=N–C) groups is 1. The van der Waals surface area contributed by atoms with Crippen molar-refractivity contribution in [3.05, 3.63) is 60.8 Å². The van der Waals surface area contributed by atoms with Gasteiger partial charge >= 0.3 is 0 Å². The Balaban J connectivity index is 1.48. The lowest BCUT2D eigenvalue weighted by atomic mass is 9.93. The summed E-state index contributed by atoms with van der Waals surface area (Å²) in [7, 11) is 0. The summed E-state index contributed by atoms with van der Waals surface area (Å²) in [6, 6.07) is 8.04. The molecule has 5 rings (SSSR count). The van der Waals surface area contributed by atoms with Crippen molar-refractivity contribution < 1.29 is 9.59 Å². The van der Waals surface area contributed by atoms with Gasteiger partial charge in [-0.25, -0.2) is 0 Å². The van der Waals surface area contributed by atoms with Crippen LogP contribution in [0.4, 0.5) is 5.00 Å². The third kappa shape index (κ3) is 3.75. The van der Waals surface area contributed by atoms with Crippen LogP contribution in [0, 0.1) is 0 Å². The molecular weight excluding hydrogens is 434 g/mol. The van der Waals surface area contributed by atoms with Gasteiger partial charge in [0.05, 0.1) is 17.1 Å². The molecule has 0 bridgehead atoms. The van der Waals surface area contributed by atoms with E-state index in [2.05, 4.69) is 11.4 Å². The second-order valence-electron chi connectivity index (χ2n) is 7.37. The molecule has 0 aromatic carbocycles. The highest BCUT2D eigenvalue weighted by Crippen LogP contribution is 2.43. The van der Waals surface area contributed by atoms with E-state index in [0.29, 0.717) is 6.54 Å². The summed E-state index contributed by atoms with van der Waals surface area (Å²) in [5.41, 5.74) is 3.32. The van der Waals surface area contributed by atoms with Crippen LogP contribution in [0.1, 0.15) is 38.6 Å². The average Bonchev–Trinajstić information content (AvgIpc) is 3.51. The van der Waals surface area contributed by atoms with Crippen LogP contribution in [0.2, 0.25) is 0 Å². The molecule has 8 heteroatoms. The summed E-state index contributed by atoms with van der Waals surface area (Å²) in [5.74, 6) is -0.263. The van der Waals surface area contributed by atoms with Crippen molar-refractivity contribution in [2.45, 2.75) is 32.2 Å². The Kier molecular flexibility index (Phi) is 5.54. The van der Waals surface area contributed by atoms with Gasteiger partial charge in [-0.05, 0) is 54.1 Å². The van der Waals surface area contributed by atoms with Crippen LogP contribution >= 0.6 is 34.0 Å². The number of hydrogen-bond donors (Lipinski definition) is 1. The zero-order valence-electron chi connectivity index (χ0n) is 16.3. The smallest absolute Gasteiger partial charge is 0.249 e. The average molecular weight is 456 g/mol. The minimum absolute atomic E-state index is 0.0316. The topological polar surface area (TPSA) is 61.8 Å². The van der Waals surface area contributed by atoms with Gasteiger partial charge in [-0.2, -0.15) is 0 Å². The molecule has 1 aliphatic carbocycles. The molecule has 0 atom stereocenters. The van der Waals surface area contributed by atoms with Crippen LogP contribution in [0.3, 0.4) is 0 Å². The molecule has 0 fully saturated rings. The first kappa shape index (κ1) is 19.7. The fourth-order valence-electron chi connectivity index (χ4n) is 3.98. The third-order valence-corrected chi connectivity index (χ3v) is 8.47. The summed E-state index contributed by atoms with van der Waals surface area (Å²) in [6.45, 7) is 0.592. The molecule has 0 spiro atoms. The van der Waals surface area contributed by atoms with E-state index in [4.69, 9.17) is 4.99 Å². The number of nitrogens with zero attached hydrogens (tertiary/aromatic N) is 2. The van der Waals surface area contributed by atoms with Gasteiger partial charge in [-0.1, -0.05) is 12.1 Å². The number of fused-ring (bicyclic) bond motifs is 3. The van der Waals surface area contributed by atoms with Crippen molar-refractivity contribution in [2.75, 3.05) is 18.0 Å². The highest BCUT2D eigenvalue weighted by atomic mass is 32.1. The molecule has 3 aromatic heterocycles. The fourth-order valence-corrected chi connectivity index (χ4v) is 6.77. The van der Waals surface area contributed by atoms with Gasteiger partial charge in [0.25, 0.3) is 0 Å². The van der Waals surface area contributed by atoms with Crippen molar-refractivity contribution in [2.24, 2.45) is 4.99 Å². The monoisotopic (exact) mass is 455 g/mol. The van der Waals surface area contributed by atoms with E-state index < -0.39 is 0 Å².